The van der Waals surface area contributed by atoms with Gasteiger partial charge in [-0.25, -0.2) is 0 Å². The second kappa shape index (κ2) is 5.97. The Morgan fingerprint density at radius 1 is 0.900 bits per heavy atom. The van der Waals surface area contributed by atoms with Crippen molar-refractivity contribution in [3.8, 4) is 11.5 Å². The van der Waals surface area contributed by atoms with Gasteiger partial charge in [-0.05, 0) is 55.7 Å². The molecule has 3 nitrogen and oxygen atoms in total. The van der Waals surface area contributed by atoms with E-state index < -0.39 is 0 Å². The van der Waals surface area contributed by atoms with Crippen molar-refractivity contribution in [3.05, 3.63) is 54.6 Å². The van der Waals surface area contributed by atoms with Crippen LogP contribution in [-0.2, 0) is 0 Å². The van der Waals surface area contributed by atoms with Gasteiger partial charge in [-0.3, -0.25) is 0 Å². The lowest BCUT2D eigenvalue weighted by Gasteiger charge is -2.18. The zero-order chi connectivity index (χ0) is 13.8. The highest BCUT2D eigenvalue weighted by atomic mass is 16.5. The van der Waals surface area contributed by atoms with E-state index >= 15 is 0 Å². The van der Waals surface area contributed by atoms with Crippen molar-refractivity contribution in [3.63, 3.8) is 0 Å². The summed E-state index contributed by atoms with van der Waals surface area (Å²) in [6.45, 7) is 0. The third-order valence-corrected chi connectivity index (χ3v) is 3.66. The van der Waals surface area contributed by atoms with Crippen molar-refractivity contribution in [2.24, 2.45) is 0 Å². The minimum atomic E-state index is -0.227. The molecule has 0 heterocycles. The van der Waals surface area contributed by atoms with Gasteiger partial charge in [0, 0.05) is 5.69 Å². The summed E-state index contributed by atoms with van der Waals surface area (Å²) in [6, 6.07) is 17.8. The van der Waals surface area contributed by atoms with Crippen molar-refractivity contribution in [2.75, 3.05) is 5.32 Å². The highest BCUT2D eigenvalue weighted by Crippen LogP contribution is 2.26. The average Bonchev–Trinajstić information content (AvgIpc) is 2.88. The number of rotatable bonds is 4. The van der Waals surface area contributed by atoms with E-state index in [2.05, 4.69) is 5.32 Å². The Morgan fingerprint density at radius 3 is 2.25 bits per heavy atom. The summed E-state index contributed by atoms with van der Waals surface area (Å²) in [5.41, 5.74) is 1.02. The third kappa shape index (κ3) is 3.11. The number of para-hydroxylation sites is 1. The van der Waals surface area contributed by atoms with Crippen LogP contribution in [0.3, 0.4) is 0 Å². The highest BCUT2D eigenvalue weighted by molar-refractivity contribution is 5.48. The van der Waals surface area contributed by atoms with Gasteiger partial charge in [-0.15, -0.1) is 0 Å². The monoisotopic (exact) mass is 269 g/mol. The molecule has 2 N–H and O–H groups in total. The minimum Gasteiger partial charge on any atom is -0.457 e. The van der Waals surface area contributed by atoms with Gasteiger partial charge in [0.05, 0.1) is 12.1 Å². The Morgan fingerprint density at radius 2 is 1.60 bits per heavy atom. The Kier molecular flexibility index (Phi) is 3.88. The molecule has 2 aromatic carbocycles. The first-order valence-corrected chi connectivity index (χ1v) is 7.09. The van der Waals surface area contributed by atoms with Crippen molar-refractivity contribution >= 4 is 5.69 Å². The molecule has 0 spiro atoms. The van der Waals surface area contributed by atoms with Crippen LogP contribution in [0.2, 0.25) is 0 Å². The lowest BCUT2D eigenvalue weighted by Crippen LogP contribution is -2.27. The number of aliphatic hydroxyl groups excluding tert-OH is 1. The summed E-state index contributed by atoms with van der Waals surface area (Å²) in [4.78, 5) is 0. The van der Waals surface area contributed by atoms with Crippen LogP contribution in [0, 0.1) is 0 Å². The zero-order valence-electron chi connectivity index (χ0n) is 11.3. The highest BCUT2D eigenvalue weighted by Gasteiger charge is 2.24. The maximum atomic E-state index is 9.81. The Labute approximate surface area is 119 Å². The van der Waals surface area contributed by atoms with E-state index in [0.29, 0.717) is 0 Å². The van der Waals surface area contributed by atoms with Crippen LogP contribution in [-0.4, -0.2) is 17.3 Å². The van der Waals surface area contributed by atoms with E-state index in [4.69, 9.17) is 4.74 Å². The Balaban J connectivity index is 1.62. The Hall–Kier alpha value is -2.00. The van der Waals surface area contributed by atoms with Gasteiger partial charge in [0.25, 0.3) is 0 Å². The van der Waals surface area contributed by atoms with Gasteiger partial charge in [-0.1, -0.05) is 18.2 Å². The Bertz CT molecular complexity index is 539. The van der Waals surface area contributed by atoms with Crippen LogP contribution in [0.4, 0.5) is 5.69 Å². The number of anilines is 1. The maximum absolute atomic E-state index is 9.81. The lowest BCUT2D eigenvalue weighted by atomic mass is 10.2. The second-order valence-corrected chi connectivity index (χ2v) is 5.19. The van der Waals surface area contributed by atoms with Gasteiger partial charge < -0.3 is 15.2 Å². The molecule has 0 radical (unpaired) electrons. The predicted molar refractivity (Wildman–Crippen MR) is 80.2 cm³/mol. The smallest absolute Gasteiger partial charge is 0.127 e. The standard InChI is InChI=1S/C17H19NO2/c19-17-8-4-7-16(17)18-13-9-11-15(12-10-13)20-14-5-2-1-3-6-14/h1-3,5-6,9-12,16-19H,4,7-8H2/t16-,17-/m1/s1. The number of ether oxygens (including phenoxy) is 1. The van der Waals surface area contributed by atoms with E-state index in [9.17, 15) is 5.11 Å². The van der Waals surface area contributed by atoms with Crippen LogP contribution >= 0.6 is 0 Å². The first-order valence-electron chi connectivity index (χ1n) is 7.09. The number of hydrogen-bond acceptors (Lipinski definition) is 3. The normalized spacial score (nSPS) is 21.6. The number of nitrogens with one attached hydrogen (secondary N) is 1. The van der Waals surface area contributed by atoms with Crippen molar-refractivity contribution in [2.45, 2.75) is 31.4 Å². The van der Waals surface area contributed by atoms with Gasteiger partial charge in [0.15, 0.2) is 0 Å². The fraction of sp³-hybridized carbons (Fsp3) is 0.294. The summed E-state index contributed by atoms with van der Waals surface area (Å²) in [7, 11) is 0. The molecule has 1 saturated carbocycles. The topological polar surface area (TPSA) is 41.5 Å². The summed E-state index contributed by atoms with van der Waals surface area (Å²) < 4.78 is 5.75. The third-order valence-electron chi connectivity index (χ3n) is 3.66. The molecule has 0 amide bonds. The molecule has 2 aromatic rings. The molecule has 2 atom stereocenters. The SMILES string of the molecule is O[C@@H]1CCC[C@H]1Nc1ccc(Oc2ccccc2)cc1. The first-order chi connectivity index (χ1) is 9.81. The van der Waals surface area contributed by atoms with Crippen molar-refractivity contribution in [1.29, 1.82) is 0 Å². The van der Waals surface area contributed by atoms with Crippen LogP contribution in [0.1, 0.15) is 19.3 Å². The fourth-order valence-electron chi connectivity index (χ4n) is 2.57. The molecule has 1 aliphatic rings. The lowest BCUT2D eigenvalue weighted by molar-refractivity contribution is 0.172. The predicted octanol–water partition coefficient (Wildman–Crippen LogP) is 3.80. The second-order valence-electron chi connectivity index (χ2n) is 5.19. The number of benzene rings is 2. The molecule has 20 heavy (non-hydrogen) atoms. The fourth-order valence-corrected chi connectivity index (χ4v) is 2.57. The van der Waals surface area contributed by atoms with Crippen LogP contribution in [0.5, 0.6) is 11.5 Å². The molecular formula is C17H19NO2. The average molecular weight is 269 g/mol. The number of hydrogen-bond donors (Lipinski definition) is 2. The molecule has 0 aromatic heterocycles. The molecule has 1 aliphatic carbocycles. The molecule has 0 aliphatic heterocycles. The molecule has 104 valence electrons. The molecule has 0 unspecified atom stereocenters. The largest absolute Gasteiger partial charge is 0.457 e. The van der Waals surface area contributed by atoms with Crippen LogP contribution < -0.4 is 10.1 Å². The molecule has 1 fully saturated rings. The molecule has 3 rings (SSSR count). The summed E-state index contributed by atoms with van der Waals surface area (Å²) >= 11 is 0. The first kappa shape index (κ1) is 13.0. The quantitative estimate of drug-likeness (QED) is 0.887. The summed E-state index contributed by atoms with van der Waals surface area (Å²) in [5, 5.41) is 13.2. The minimum absolute atomic E-state index is 0.177. The van der Waals surface area contributed by atoms with Gasteiger partial charge in [0.1, 0.15) is 11.5 Å². The molecule has 0 bridgehead atoms. The van der Waals surface area contributed by atoms with E-state index in [1.807, 2.05) is 54.6 Å². The van der Waals surface area contributed by atoms with Gasteiger partial charge in [-0.2, -0.15) is 0 Å². The van der Waals surface area contributed by atoms with E-state index in [1.54, 1.807) is 0 Å². The maximum Gasteiger partial charge on any atom is 0.127 e. The van der Waals surface area contributed by atoms with Crippen LogP contribution in [0.25, 0.3) is 0 Å². The van der Waals surface area contributed by atoms with Crippen molar-refractivity contribution in [1.82, 2.24) is 0 Å². The van der Waals surface area contributed by atoms with Gasteiger partial charge >= 0.3 is 0 Å². The number of aliphatic hydroxyl groups is 1. The summed E-state index contributed by atoms with van der Waals surface area (Å²) in [5.74, 6) is 1.65. The van der Waals surface area contributed by atoms with Crippen LogP contribution in [0.15, 0.2) is 54.6 Å². The zero-order valence-corrected chi connectivity index (χ0v) is 11.3. The van der Waals surface area contributed by atoms with E-state index in [-0.39, 0.29) is 12.1 Å². The van der Waals surface area contributed by atoms with E-state index in [0.717, 1.165) is 36.4 Å². The molecule has 3 heteroatoms. The molecular weight excluding hydrogens is 250 g/mol. The molecule has 0 saturated heterocycles. The van der Waals surface area contributed by atoms with Crippen molar-refractivity contribution < 1.29 is 9.84 Å². The van der Waals surface area contributed by atoms with E-state index in [1.165, 1.54) is 0 Å². The van der Waals surface area contributed by atoms with Gasteiger partial charge in [0.2, 0.25) is 0 Å². The summed E-state index contributed by atoms with van der Waals surface area (Å²) in [6.07, 6.45) is 2.79.